The summed E-state index contributed by atoms with van der Waals surface area (Å²) >= 11 is 0. The van der Waals surface area contributed by atoms with E-state index in [0.29, 0.717) is 19.0 Å². The molecule has 1 amide bonds. The minimum absolute atomic E-state index is 0.218. The first-order valence-electron chi connectivity index (χ1n) is 8.73. The number of benzene rings is 2. The van der Waals surface area contributed by atoms with Crippen LogP contribution in [-0.2, 0) is 27.4 Å². The van der Waals surface area contributed by atoms with Gasteiger partial charge in [0.25, 0.3) is 0 Å². The molecule has 2 rings (SSSR count). The Kier molecular flexibility index (Phi) is 7.58. The predicted molar refractivity (Wildman–Crippen MR) is 104 cm³/mol. The van der Waals surface area contributed by atoms with Crippen molar-refractivity contribution in [3.63, 3.8) is 0 Å². The van der Waals surface area contributed by atoms with Crippen LogP contribution in [0.4, 0.5) is 13.2 Å². The van der Waals surface area contributed by atoms with E-state index < -0.39 is 39.1 Å². The molecule has 0 spiro atoms. The monoisotopic (exact) mass is 426 g/mol. The Bertz CT molecular complexity index is 945. The van der Waals surface area contributed by atoms with Gasteiger partial charge in [0.2, 0.25) is 15.9 Å². The summed E-state index contributed by atoms with van der Waals surface area (Å²) in [6.07, 6.45) is -2.85. The zero-order valence-electron chi connectivity index (χ0n) is 15.5. The average molecular weight is 426 g/mol. The number of sulfonamides is 1. The Hall–Kier alpha value is -2.65. The summed E-state index contributed by atoms with van der Waals surface area (Å²) in [6, 6.07) is 12.8. The van der Waals surface area contributed by atoms with Gasteiger partial charge in [-0.05, 0) is 30.2 Å². The lowest BCUT2D eigenvalue weighted by Gasteiger charge is -2.21. The molecule has 0 aliphatic rings. The third-order valence-corrected chi connectivity index (χ3v) is 5.84. The number of carbonyl (C=O) groups is 1. The number of carbonyl (C=O) groups excluding carboxylic acids is 1. The molecule has 5 nitrogen and oxygen atoms in total. The van der Waals surface area contributed by atoms with E-state index in [1.807, 2.05) is 30.3 Å². The minimum atomic E-state index is -4.68. The van der Waals surface area contributed by atoms with Gasteiger partial charge >= 0.3 is 6.18 Å². The summed E-state index contributed by atoms with van der Waals surface area (Å²) in [4.78, 5) is 11.7. The highest BCUT2D eigenvalue weighted by molar-refractivity contribution is 7.89. The van der Waals surface area contributed by atoms with E-state index >= 15 is 0 Å². The van der Waals surface area contributed by atoms with E-state index in [1.54, 1.807) is 0 Å². The van der Waals surface area contributed by atoms with Crippen LogP contribution in [0.1, 0.15) is 11.1 Å². The first kappa shape index (κ1) is 22.6. The quantitative estimate of drug-likeness (QED) is 0.626. The van der Waals surface area contributed by atoms with Crippen LogP contribution in [0.15, 0.2) is 72.1 Å². The van der Waals surface area contributed by atoms with E-state index in [4.69, 9.17) is 0 Å². The Morgan fingerprint density at radius 3 is 2.41 bits per heavy atom. The van der Waals surface area contributed by atoms with E-state index in [9.17, 15) is 26.4 Å². The molecule has 0 saturated carbocycles. The molecule has 29 heavy (non-hydrogen) atoms. The van der Waals surface area contributed by atoms with Crippen LogP contribution in [0.3, 0.4) is 0 Å². The number of rotatable bonds is 9. The molecule has 1 N–H and O–H groups in total. The van der Waals surface area contributed by atoms with Gasteiger partial charge in [0.1, 0.15) is 0 Å². The minimum Gasteiger partial charge on any atom is -0.355 e. The Balaban J connectivity index is 2.09. The number of nitrogens with zero attached hydrogens (tertiary/aromatic N) is 1. The fourth-order valence-corrected chi connectivity index (χ4v) is 3.99. The van der Waals surface area contributed by atoms with E-state index in [2.05, 4.69) is 11.9 Å². The number of alkyl halides is 3. The first-order chi connectivity index (χ1) is 13.6. The average Bonchev–Trinajstić information content (AvgIpc) is 2.68. The van der Waals surface area contributed by atoms with Gasteiger partial charge in [0.15, 0.2) is 0 Å². The second-order valence-electron chi connectivity index (χ2n) is 6.20. The third kappa shape index (κ3) is 6.43. The van der Waals surface area contributed by atoms with E-state index in [-0.39, 0.29) is 6.54 Å². The highest BCUT2D eigenvalue weighted by Gasteiger charge is 2.33. The zero-order chi connectivity index (χ0) is 21.5. The van der Waals surface area contributed by atoms with Gasteiger partial charge in [-0.15, -0.1) is 6.58 Å². The highest BCUT2D eigenvalue weighted by Crippen LogP contribution is 2.31. The lowest BCUT2D eigenvalue weighted by Crippen LogP contribution is -2.41. The van der Waals surface area contributed by atoms with Crippen LogP contribution < -0.4 is 5.32 Å². The molecular formula is C20H21F3N2O3S. The van der Waals surface area contributed by atoms with Gasteiger partial charge in [-0.25, -0.2) is 8.42 Å². The zero-order valence-corrected chi connectivity index (χ0v) is 16.3. The molecule has 0 aliphatic heterocycles. The largest absolute Gasteiger partial charge is 0.416 e. The van der Waals surface area contributed by atoms with E-state index in [0.717, 1.165) is 28.1 Å². The molecule has 156 valence electrons. The number of nitrogens with one attached hydrogen (secondary N) is 1. The van der Waals surface area contributed by atoms with Crippen LogP contribution >= 0.6 is 0 Å². The Labute approximate surface area is 167 Å². The van der Waals surface area contributed by atoms with Gasteiger partial charge in [0.05, 0.1) is 17.0 Å². The van der Waals surface area contributed by atoms with Gasteiger partial charge in [0, 0.05) is 13.1 Å². The van der Waals surface area contributed by atoms with Crippen LogP contribution in [0.5, 0.6) is 0 Å². The molecule has 0 fully saturated rings. The van der Waals surface area contributed by atoms with Crippen molar-refractivity contribution in [2.75, 3.05) is 19.6 Å². The number of hydrogen-bond donors (Lipinski definition) is 1. The van der Waals surface area contributed by atoms with Gasteiger partial charge in [-0.3, -0.25) is 4.79 Å². The van der Waals surface area contributed by atoms with Crippen molar-refractivity contribution in [1.82, 2.24) is 9.62 Å². The van der Waals surface area contributed by atoms with Gasteiger partial charge in [-0.2, -0.15) is 17.5 Å². The third-order valence-electron chi connectivity index (χ3n) is 4.03. The van der Waals surface area contributed by atoms with Crippen molar-refractivity contribution >= 4 is 15.9 Å². The fourth-order valence-electron chi connectivity index (χ4n) is 2.58. The standard InChI is InChI=1S/C20H21F3N2O3S/c1-2-13-25(15-19(26)24-12-11-16-7-4-3-5-8-16)29(27,28)18-10-6-9-17(14-18)20(21,22)23/h2-10,14H,1,11-13,15H2,(H,24,26). The smallest absolute Gasteiger partial charge is 0.355 e. The van der Waals surface area contributed by atoms with Crippen molar-refractivity contribution in [3.8, 4) is 0 Å². The topological polar surface area (TPSA) is 66.5 Å². The summed E-state index contributed by atoms with van der Waals surface area (Å²) in [5.41, 5.74) is -0.0724. The Morgan fingerprint density at radius 2 is 1.79 bits per heavy atom. The molecule has 0 radical (unpaired) electrons. The lowest BCUT2D eigenvalue weighted by molar-refractivity contribution is -0.137. The van der Waals surface area contributed by atoms with Crippen LogP contribution in [0.25, 0.3) is 0 Å². The molecule has 2 aromatic rings. The SMILES string of the molecule is C=CCN(CC(=O)NCCc1ccccc1)S(=O)(=O)c1cccc(C(F)(F)F)c1. The number of hydrogen-bond acceptors (Lipinski definition) is 3. The summed E-state index contributed by atoms with van der Waals surface area (Å²) in [5.74, 6) is -0.557. The van der Waals surface area contributed by atoms with Crippen LogP contribution in [0.2, 0.25) is 0 Å². The molecule has 0 saturated heterocycles. The maximum Gasteiger partial charge on any atom is 0.416 e. The molecule has 0 aromatic heterocycles. The maximum atomic E-state index is 12.9. The van der Waals surface area contributed by atoms with Crippen molar-refractivity contribution < 1.29 is 26.4 Å². The molecule has 0 bridgehead atoms. The molecular weight excluding hydrogens is 405 g/mol. The summed E-state index contributed by atoms with van der Waals surface area (Å²) < 4.78 is 65.0. The maximum absolute atomic E-state index is 12.9. The summed E-state index contributed by atoms with van der Waals surface area (Å²) in [6.45, 7) is 3.01. The van der Waals surface area contributed by atoms with Gasteiger partial charge < -0.3 is 5.32 Å². The molecule has 0 heterocycles. The summed E-state index contributed by atoms with van der Waals surface area (Å²) in [5, 5.41) is 2.62. The van der Waals surface area contributed by atoms with Gasteiger partial charge in [-0.1, -0.05) is 42.5 Å². The van der Waals surface area contributed by atoms with Crippen molar-refractivity contribution in [2.24, 2.45) is 0 Å². The van der Waals surface area contributed by atoms with Crippen LogP contribution in [-0.4, -0.2) is 38.3 Å². The summed E-state index contributed by atoms with van der Waals surface area (Å²) in [7, 11) is -4.32. The molecule has 0 unspecified atom stereocenters. The lowest BCUT2D eigenvalue weighted by atomic mass is 10.1. The number of amides is 1. The second kappa shape index (κ2) is 9.71. The Morgan fingerprint density at radius 1 is 1.10 bits per heavy atom. The van der Waals surface area contributed by atoms with Crippen molar-refractivity contribution in [1.29, 1.82) is 0 Å². The van der Waals surface area contributed by atoms with Crippen molar-refractivity contribution in [2.45, 2.75) is 17.5 Å². The molecule has 2 aromatic carbocycles. The fraction of sp³-hybridized carbons (Fsp3) is 0.250. The van der Waals surface area contributed by atoms with E-state index in [1.165, 1.54) is 6.08 Å². The molecule has 9 heteroatoms. The molecule has 0 atom stereocenters. The van der Waals surface area contributed by atoms with Crippen molar-refractivity contribution in [3.05, 3.63) is 78.4 Å². The molecule has 0 aliphatic carbocycles. The second-order valence-corrected chi connectivity index (χ2v) is 8.14. The first-order valence-corrected chi connectivity index (χ1v) is 10.2. The highest BCUT2D eigenvalue weighted by atomic mass is 32.2. The number of halogens is 3. The normalized spacial score (nSPS) is 12.0. The van der Waals surface area contributed by atoms with Crippen LogP contribution in [0, 0.1) is 0 Å². The predicted octanol–water partition coefficient (Wildman–Crippen LogP) is 3.24.